The van der Waals surface area contributed by atoms with Gasteiger partial charge in [-0.25, -0.2) is 0 Å². The molecule has 0 bridgehead atoms. The first-order valence-electron chi connectivity index (χ1n) is 19.8. The molecule has 0 radical (unpaired) electrons. The summed E-state index contributed by atoms with van der Waals surface area (Å²) in [6.45, 7) is 0. The van der Waals surface area contributed by atoms with E-state index in [1.54, 1.807) is 0 Å². The Morgan fingerprint density at radius 3 is 1.62 bits per heavy atom. The molecule has 11 rings (SSSR count). The summed E-state index contributed by atoms with van der Waals surface area (Å²) >= 11 is 0. The third-order valence-electron chi connectivity index (χ3n) is 11.5. The zero-order valence-electron chi connectivity index (χ0n) is 31.7. The highest BCUT2D eigenvalue weighted by Crippen LogP contribution is 2.42. The molecule has 0 saturated heterocycles. The molecule has 0 aliphatic heterocycles. The van der Waals surface area contributed by atoms with Gasteiger partial charge in [-0.05, 0) is 109 Å². The second-order valence-electron chi connectivity index (χ2n) is 14.9. The number of nitrogens with zero attached hydrogens (tertiary/aromatic N) is 1. The molecule has 0 N–H and O–H groups in total. The molecule has 11 aromatic rings. The number of para-hydroxylation sites is 2. The van der Waals surface area contributed by atoms with Gasteiger partial charge in [0.2, 0.25) is 0 Å². The lowest BCUT2D eigenvalue weighted by atomic mass is 9.91. The standard InChI is InChI=1S/C56H37NO/c1-2-14-42-36-44(27-26-38(42)12-1)43-16-9-17-47(37-43)57(46-34-30-41(31-35-46)50-22-11-24-54-53-21-7-8-25-55(53)58-56(50)54)45-32-28-40(29-33-45)49-19-5-6-20-51(49)52-23-10-15-39-13-3-4-18-48(39)52/h1-37H. The third kappa shape index (κ3) is 5.91. The number of anilines is 3. The van der Waals surface area contributed by atoms with Gasteiger partial charge in [0.1, 0.15) is 11.2 Å². The Hall–Kier alpha value is -7.68. The van der Waals surface area contributed by atoms with Crippen molar-refractivity contribution in [1.29, 1.82) is 0 Å². The van der Waals surface area contributed by atoms with Gasteiger partial charge < -0.3 is 9.32 Å². The summed E-state index contributed by atoms with van der Waals surface area (Å²) in [6.07, 6.45) is 0. The molecule has 0 spiro atoms. The lowest BCUT2D eigenvalue weighted by molar-refractivity contribution is 0.670. The molecule has 0 aliphatic rings. The van der Waals surface area contributed by atoms with Crippen LogP contribution in [0.3, 0.4) is 0 Å². The molecule has 58 heavy (non-hydrogen) atoms. The zero-order chi connectivity index (χ0) is 38.4. The minimum absolute atomic E-state index is 0.905. The fourth-order valence-electron chi connectivity index (χ4n) is 8.63. The molecule has 0 aliphatic carbocycles. The van der Waals surface area contributed by atoms with Gasteiger partial charge in [0.15, 0.2) is 0 Å². The van der Waals surface area contributed by atoms with Crippen molar-refractivity contribution in [3.05, 3.63) is 224 Å². The first-order chi connectivity index (χ1) is 28.7. The minimum atomic E-state index is 0.905. The first-order valence-corrected chi connectivity index (χ1v) is 19.8. The SMILES string of the molecule is c1cc(-c2ccc3ccccc3c2)cc(N(c2ccc(-c3ccccc3-c3cccc4ccccc34)cc2)c2ccc(-c3cccc4c3oc3ccccc34)cc2)c1. The fourth-order valence-corrected chi connectivity index (χ4v) is 8.63. The van der Waals surface area contributed by atoms with Crippen LogP contribution in [0.15, 0.2) is 229 Å². The highest BCUT2D eigenvalue weighted by atomic mass is 16.3. The quantitative estimate of drug-likeness (QED) is 0.162. The largest absolute Gasteiger partial charge is 0.455 e. The van der Waals surface area contributed by atoms with Crippen LogP contribution in [0.2, 0.25) is 0 Å². The number of benzene rings is 10. The van der Waals surface area contributed by atoms with Crippen molar-refractivity contribution >= 4 is 60.5 Å². The predicted molar refractivity (Wildman–Crippen MR) is 245 cm³/mol. The van der Waals surface area contributed by atoms with E-state index in [1.165, 1.54) is 54.9 Å². The van der Waals surface area contributed by atoms with Gasteiger partial charge in [0, 0.05) is 33.4 Å². The van der Waals surface area contributed by atoms with E-state index in [0.717, 1.165) is 50.1 Å². The van der Waals surface area contributed by atoms with E-state index in [0.29, 0.717) is 0 Å². The lowest BCUT2D eigenvalue weighted by Crippen LogP contribution is -2.10. The molecule has 1 aromatic heterocycles. The van der Waals surface area contributed by atoms with Crippen LogP contribution in [0.1, 0.15) is 0 Å². The topological polar surface area (TPSA) is 16.4 Å². The van der Waals surface area contributed by atoms with E-state index >= 15 is 0 Å². The minimum Gasteiger partial charge on any atom is -0.455 e. The van der Waals surface area contributed by atoms with Gasteiger partial charge in [-0.2, -0.15) is 0 Å². The van der Waals surface area contributed by atoms with Gasteiger partial charge in [-0.15, -0.1) is 0 Å². The van der Waals surface area contributed by atoms with Crippen LogP contribution in [0.5, 0.6) is 0 Å². The van der Waals surface area contributed by atoms with E-state index in [-0.39, 0.29) is 0 Å². The van der Waals surface area contributed by atoms with E-state index < -0.39 is 0 Å². The van der Waals surface area contributed by atoms with Crippen molar-refractivity contribution in [3.63, 3.8) is 0 Å². The summed E-state index contributed by atoms with van der Waals surface area (Å²) in [4.78, 5) is 2.36. The molecule has 0 atom stereocenters. The van der Waals surface area contributed by atoms with Gasteiger partial charge in [-0.3, -0.25) is 0 Å². The molecule has 10 aromatic carbocycles. The molecule has 0 amide bonds. The third-order valence-corrected chi connectivity index (χ3v) is 11.5. The summed E-state index contributed by atoms with van der Waals surface area (Å²) in [7, 11) is 0. The second-order valence-corrected chi connectivity index (χ2v) is 14.9. The van der Waals surface area contributed by atoms with Crippen LogP contribution in [-0.2, 0) is 0 Å². The molecule has 1 heterocycles. The van der Waals surface area contributed by atoms with Gasteiger partial charge in [0.05, 0.1) is 0 Å². The van der Waals surface area contributed by atoms with Crippen molar-refractivity contribution in [2.24, 2.45) is 0 Å². The van der Waals surface area contributed by atoms with Crippen molar-refractivity contribution in [2.75, 3.05) is 4.90 Å². The molecule has 2 heteroatoms. The molecule has 2 nitrogen and oxygen atoms in total. The van der Waals surface area contributed by atoms with Crippen molar-refractivity contribution in [2.45, 2.75) is 0 Å². The Morgan fingerprint density at radius 2 is 0.810 bits per heavy atom. The Labute approximate surface area is 337 Å². The Balaban J connectivity index is 1.01. The summed E-state index contributed by atoms with van der Waals surface area (Å²) in [5, 5.41) is 7.24. The average molecular weight is 740 g/mol. The fraction of sp³-hybridized carbons (Fsp3) is 0. The van der Waals surface area contributed by atoms with E-state index in [2.05, 4.69) is 217 Å². The maximum absolute atomic E-state index is 6.43. The van der Waals surface area contributed by atoms with Gasteiger partial charge >= 0.3 is 0 Å². The first kappa shape index (κ1) is 33.6. The zero-order valence-corrected chi connectivity index (χ0v) is 31.7. The van der Waals surface area contributed by atoms with Crippen molar-refractivity contribution in [3.8, 4) is 44.5 Å². The molecule has 0 unspecified atom stereocenters. The number of rotatable bonds is 7. The van der Waals surface area contributed by atoms with Crippen LogP contribution in [0.4, 0.5) is 17.1 Å². The van der Waals surface area contributed by atoms with Crippen LogP contribution in [0, 0.1) is 0 Å². The Kier molecular flexibility index (Phi) is 8.19. The van der Waals surface area contributed by atoms with Gasteiger partial charge in [0.25, 0.3) is 0 Å². The lowest BCUT2D eigenvalue weighted by Gasteiger charge is -2.26. The van der Waals surface area contributed by atoms with Crippen molar-refractivity contribution in [1.82, 2.24) is 0 Å². The predicted octanol–water partition coefficient (Wildman–Crippen LogP) is 16.0. The Morgan fingerprint density at radius 1 is 0.276 bits per heavy atom. The molecular weight excluding hydrogens is 703 g/mol. The van der Waals surface area contributed by atoms with E-state index in [1.807, 2.05) is 12.1 Å². The molecular formula is C56H37NO. The monoisotopic (exact) mass is 739 g/mol. The number of furan rings is 1. The highest BCUT2D eigenvalue weighted by molar-refractivity contribution is 6.09. The summed E-state index contributed by atoms with van der Waals surface area (Å²) in [6, 6.07) is 80.7. The normalized spacial score (nSPS) is 11.4. The summed E-state index contributed by atoms with van der Waals surface area (Å²) in [5.41, 5.74) is 14.4. The van der Waals surface area contributed by atoms with E-state index in [4.69, 9.17) is 4.42 Å². The van der Waals surface area contributed by atoms with Crippen LogP contribution in [-0.4, -0.2) is 0 Å². The van der Waals surface area contributed by atoms with E-state index in [9.17, 15) is 0 Å². The molecule has 0 fully saturated rings. The average Bonchev–Trinajstić information content (AvgIpc) is 3.69. The molecule has 0 saturated carbocycles. The van der Waals surface area contributed by atoms with Crippen LogP contribution in [0.25, 0.3) is 88.0 Å². The van der Waals surface area contributed by atoms with Crippen molar-refractivity contribution < 1.29 is 4.42 Å². The molecule has 272 valence electrons. The number of fused-ring (bicyclic) bond motifs is 5. The van der Waals surface area contributed by atoms with Crippen LogP contribution >= 0.6 is 0 Å². The Bertz CT molecular complexity index is 3280. The maximum atomic E-state index is 6.43. The number of hydrogen-bond donors (Lipinski definition) is 0. The summed E-state index contributed by atoms with van der Waals surface area (Å²) in [5.74, 6) is 0. The second kappa shape index (κ2) is 14.1. The van der Waals surface area contributed by atoms with Gasteiger partial charge in [-0.1, -0.05) is 176 Å². The number of hydrogen-bond acceptors (Lipinski definition) is 2. The smallest absolute Gasteiger partial charge is 0.143 e. The van der Waals surface area contributed by atoms with Crippen LogP contribution < -0.4 is 4.90 Å². The summed E-state index contributed by atoms with van der Waals surface area (Å²) < 4.78 is 6.43. The maximum Gasteiger partial charge on any atom is 0.143 e. The highest BCUT2D eigenvalue weighted by Gasteiger charge is 2.17.